The smallest absolute Gasteiger partial charge is 0.348 e. The second-order valence-electron chi connectivity index (χ2n) is 6.66. The van der Waals surface area contributed by atoms with Crippen LogP contribution < -0.4 is 5.32 Å². The van der Waals surface area contributed by atoms with Crippen molar-refractivity contribution < 1.29 is 14.3 Å². The van der Waals surface area contributed by atoms with E-state index in [1.54, 1.807) is 40.7 Å². The lowest BCUT2D eigenvalue weighted by atomic mass is 10.3. The van der Waals surface area contributed by atoms with Crippen molar-refractivity contribution in [2.45, 2.75) is 11.8 Å². The monoisotopic (exact) mass is 471 g/mol. The summed E-state index contributed by atoms with van der Waals surface area (Å²) in [6, 6.07) is 16.5. The summed E-state index contributed by atoms with van der Waals surface area (Å²) in [7, 11) is 0. The molecule has 2 heterocycles. The summed E-state index contributed by atoms with van der Waals surface area (Å²) >= 11 is 8.82. The number of hydrogen-bond donors (Lipinski definition) is 1. The van der Waals surface area contributed by atoms with Crippen LogP contribution in [0.2, 0.25) is 5.02 Å². The zero-order valence-corrected chi connectivity index (χ0v) is 19.1. The number of esters is 1. The number of benzene rings is 2. The fourth-order valence-electron chi connectivity index (χ4n) is 3.01. The van der Waals surface area contributed by atoms with Crippen LogP contribution >= 0.6 is 34.7 Å². The van der Waals surface area contributed by atoms with Crippen molar-refractivity contribution in [3.8, 4) is 5.69 Å². The first-order valence-corrected chi connectivity index (χ1v) is 11.7. The van der Waals surface area contributed by atoms with Crippen LogP contribution in [0.5, 0.6) is 0 Å². The number of nitrogens with one attached hydrogen (secondary N) is 1. The third kappa shape index (κ3) is 4.76. The SMILES string of the molecule is CSc1cccc(NC(=O)COC(=O)c2cc3c(C)nn(-c4ccc(Cl)cc4)c3s2)c1. The van der Waals surface area contributed by atoms with Gasteiger partial charge in [0.05, 0.1) is 11.4 Å². The number of halogens is 1. The molecule has 4 rings (SSSR count). The maximum atomic E-state index is 12.5. The second-order valence-corrected chi connectivity index (χ2v) is 9.01. The molecule has 0 aliphatic heterocycles. The number of aromatic nitrogens is 2. The quantitative estimate of drug-likeness (QED) is 0.294. The Bertz CT molecular complexity index is 1260. The molecule has 1 N–H and O–H groups in total. The van der Waals surface area contributed by atoms with Gasteiger partial charge in [-0.2, -0.15) is 5.10 Å². The van der Waals surface area contributed by atoms with E-state index in [1.165, 1.54) is 11.3 Å². The first-order valence-electron chi connectivity index (χ1n) is 9.31. The van der Waals surface area contributed by atoms with Crippen LogP contribution in [0.25, 0.3) is 15.9 Å². The van der Waals surface area contributed by atoms with Gasteiger partial charge in [0.2, 0.25) is 0 Å². The molecule has 0 radical (unpaired) electrons. The van der Waals surface area contributed by atoms with Gasteiger partial charge in [0, 0.05) is 21.0 Å². The minimum Gasteiger partial charge on any atom is -0.451 e. The maximum absolute atomic E-state index is 12.5. The van der Waals surface area contributed by atoms with Crippen molar-refractivity contribution in [2.75, 3.05) is 18.2 Å². The van der Waals surface area contributed by atoms with Crippen LogP contribution in [-0.4, -0.2) is 34.5 Å². The van der Waals surface area contributed by atoms with Gasteiger partial charge in [-0.1, -0.05) is 17.7 Å². The molecular formula is C22H18ClN3O3S2. The summed E-state index contributed by atoms with van der Waals surface area (Å²) in [6.07, 6.45) is 1.96. The van der Waals surface area contributed by atoms with E-state index in [4.69, 9.17) is 16.3 Å². The molecule has 2 aromatic heterocycles. The summed E-state index contributed by atoms with van der Waals surface area (Å²) in [6.45, 7) is 1.52. The number of fused-ring (bicyclic) bond motifs is 1. The number of carbonyl (C=O) groups is 2. The number of ether oxygens (including phenoxy) is 1. The van der Waals surface area contributed by atoms with Crippen molar-refractivity contribution >= 4 is 62.5 Å². The van der Waals surface area contributed by atoms with Crippen LogP contribution in [0.1, 0.15) is 15.4 Å². The van der Waals surface area contributed by atoms with Crippen molar-refractivity contribution in [1.29, 1.82) is 0 Å². The molecule has 0 bridgehead atoms. The molecular weight excluding hydrogens is 454 g/mol. The molecule has 1 amide bonds. The van der Waals surface area contributed by atoms with E-state index in [0.29, 0.717) is 15.6 Å². The number of anilines is 1. The van der Waals surface area contributed by atoms with Gasteiger partial charge in [-0.25, -0.2) is 9.48 Å². The summed E-state index contributed by atoms with van der Waals surface area (Å²) in [5.41, 5.74) is 2.30. The normalized spacial score (nSPS) is 10.9. The fourth-order valence-corrected chi connectivity index (χ4v) is 4.67. The van der Waals surface area contributed by atoms with Crippen LogP contribution in [-0.2, 0) is 9.53 Å². The van der Waals surface area contributed by atoms with Gasteiger partial charge < -0.3 is 10.1 Å². The van der Waals surface area contributed by atoms with E-state index in [-0.39, 0.29) is 6.61 Å². The Kier molecular flexibility index (Phi) is 6.31. The molecule has 6 nitrogen and oxygen atoms in total. The predicted octanol–water partition coefficient (Wildman–Crippen LogP) is 5.57. The Morgan fingerprint density at radius 3 is 2.71 bits per heavy atom. The number of aryl methyl sites for hydroxylation is 1. The van der Waals surface area contributed by atoms with Gasteiger partial charge >= 0.3 is 5.97 Å². The van der Waals surface area contributed by atoms with E-state index in [9.17, 15) is 9.59 Å². The molecule has 0 spiro atoms. The van der Waals surface area contributed by atoms with E-state index in [0.717, 1.165) is 26.5 Å². The van der Waals surface area contributed by atoms with E-state index < -0.39 is 11.9 Å². The number of thioether (sulfide) groups is 1. The van der Waals surface area contributed by atoms with Crippen LogP contribution in [0.3, 0.4) is 0 Å². The third-order valence-electron chi connectivity index (χ3n) is 4.50. The van der Waals surface area contributed by atoms with Crippen molar-refractivity contribution in [1.82, 2.24) is 9.78 Å². The lowest BCUT2D eigenvalue weighted by molar-refractivity contribution is -0.119. The van der Waals surface area contributed by atoms with Gasteiger partial charge in [-0.15, -0.1) is 23.1 Å². The highest BCUT2D eigenvalue weighted by atomic mass is 35.5. The molecule has 0 saturated carbocycles. The lowest BCUT2D eigenvalue weighted by Gasteiger charge is -2.07. The maximum Gasteiger partial charge on any atom is 0.348 e. The largest absolute Gasteiger partial charge is 0.451 e. The Morgan fingerprint density at radius 2 is 1.97 bits per heavy atom. The molecule has 2 aromatic carbocycles. The molecule has 0 aliphatic rings. The molecule has 0 aliphatic carbocycles. The summed E-state index contributed by atoms with van der Waals surface area (Å²) in [5.74, 6) is -0.937. The minimum absolute atomic E-state index is 0.362. The van der Waals surface area contributed by atoms with Crippen LogP contribution in [0.4, 0.5) is 5.69 Å². The van der Waals surface area contributed by atoms with Gasteiger partial charge in [0.15, 0.2) is 6.61 Å². The molecule has 0 unspecified atom stereocenters. The highest BCUT2D eigenvalue weighted by Crippen LogP contribution is 2.31. The van der Waals surface area contributed by atoms with Gasteiger partial charge in [0.1, 0.15) is 9.71 Å². The predicted molar refractivity (Wildman–Crippen MR) is 126 cm³/mol. The summed E-state index contributed by atoms with van der Waals surface area (Å²) in [4.78, 5) is 27.0. The number of carbonyl (C=O) groups excluding carboxylic acids is 2. The molecule has 0 fully saturated rings. The Hall–Kier alpha value is -2.81. The molecule has 158 valence electrons. The zero-order valence-electron chi connectivity index (χ0n) is 16.7. The highest BCUT2D eigenvalue weighted by Gasteiger charge is 2.19. The average molecular weight is 472 g/mol. The summed E-state index contributed by atoms with van der Waals surface area (Å²) < 4.78 is 7.00. The number of nitrogens with zero attached hydrogens (tertiary/aromatic N) is 2. The Balaban J connectivity index is 1.46. The fraction of sp³-hybridized carbons (Fsp3) is 0.136. The Morgan fingerprint density at radius 1 is 1.19 bits per heavy atom. The molecule has 31 heavy (non-hydrogen) atoms. The zero-order chi connectivity index (χ0) is 22.0. The Labute approximate surface area is 192 Å². The van der Waals surface area contributed by atoms with E-state index in [1.807, 2.05) is 43.5 Å². The average Bonchev–Trinajstić information content (AvgIpc) is 3.33. The first-order chi connectivity index (χ1) is 14.9. The molecule has 0 saturated heterocycles. The second kappa shape index (κ2) is 9.13. The highest BCUT2D eigenvalue weighted by molar-refractivity contribution is 7.98. The van der Waals surface area contributed by atoms with Crippen LogP contribution in [0, 0.1) is 6.92 Å². The van der Waals surface area contributed by atoms with E-state index in [2.05, 4.69) is 10.4 Å². The number of hydrogen-bond acceptors (Lipinski definition) is 6. The van der Waals surface area contributed by atoms with Gasteiger partial charge in [-0.05, 0) is 61.7 Å². The van der Waals surface area contributed by atoms with Crippen molar-refractivity contribution in [3.05, 3.63) is 70.2 Å². The molecule has 4 aromatic rings. The summed E-state index contributed by atoms with van der Waals surface area (Å²) in [5, 5.41) is 8.79. The van der Waals surface area contributed by atoms with Crippen molar-refractivity contribution in [2.24, 2.45) is 0 Å². The number of thiophene rings is 1. The number of amides is 1. The molecule has 9 heteroatoms. The first kappa shape index (κ1) is 21.4. The standard InChI is InChI=1S/C22H18ClN3O3S2/c1-13-18-11-19(31-21(18)26(25-13)16-8-6-14(23)7-9-16)22(28)29-12-20(27)24-15-4-3-5-17(10-15)30-2/h3-11H,12H2,1-2H3,(H,24,27). The van der Waals surface area contributed by atoms with Crippen LogP contribution in [0.15, 0.2) is 59.5 Å². The van der Waals surface area contributed by atoms with Crippen molar-refractivity contribution in [3.63, 3.8) is 0 Å². The third-order valence-corrected chi connectivity index (χ3v) is 6.57. The lowest BCUT2D eigenvalue weighted by Crippen LogP contribution is -2.20. The number of rotatable bonds is 6. The van der Waals surface area contributed by atoms with E-state index >= 15 is 0 Å². The topological polar surface area (TPSA) is 73.2 Å². The minimum atomic E-state index is -0.545. The van der Waals surface area contributed by atoms with Gasteiger partial charge in [0.25, 0.3) is 5.91 Å². The molecule has 0 atom stereocenters. The van der Waals surface area contributed by atoms with Gasteiger partial charge in [-0.3, -0.25) is 4.79 Å².